The average molecular weight is 320 g/mol. The molecule has 1 amide bonds. The number of rotatable bonds is 3. The van der Waals surface area contributed by atoms with E-state index in [-0.39, 0.29) is 16.1 Å². The SMILES string of the molecule is CC(Br)CN(C)C(=O)c1snnc1C(C)(C)C. The van der Waals surface area contributed by atoms with E-state index in [1.807, 2.05) is 27.7 Å². The average Bonchev–Trinajstić information content (AvgIpc) is 2.62. The molecule has 17 heavy (non-hydrogen) atoms. The van der Waals surface area contributed by atoms with Crippen molar-refractivity contribution in [3.8, 4) is 0 Å². The molecule has 1 aromatic heterocycles. The Morgan fingerprint density at radius 1 is 1.53 bits per heavy atom. The van der Waals surface area contributed by atoms with Crippen molar-refractivity contribution < 1.29 is 4.79 Å². The van der Waals surface area contributed by atoms with Gasteiger partial charge in [-0.3, -0.25) is 4.79 Å². The van der Waals surface area contributed by atoms with E-state index in [4.69, 9.17) is 0 Å². The fraction of sp³-hybridized carbons (Fsp3) is 0.727. The lowest BCUT2D eigenvalue weighted by atomic mass is 9.91. The van der Waals surface area contributed by atoms with Crippen LogP contribution in [0.1, 0.15) is 43.1 Å². The number of hydrogen-bond acceptors (Lipinski definition) is 4. The summed E-state index contributed by atoms with van der Waals surface area (Å²) in [5.41, 5.74) is 0.625. The second-order valence-electron chi connectivity index (χ2n) is 5.17. The van der Waals surface area contributed by atoms with Gasteiger partial charge in [-0.05, 0) is 11.5 Å². The smallest absolute Gasteiger partial charge is 0.267 e. The van der Waals surface area contributed by atoms with Gasteiger partial charge >= 0.3 is 0 Å². The van der Waals surface area contributed by atoms with Crippen LogP contribution in [0, 0.1) is 0 Å². The van der Waals surface area contributed by atoms with E-state index < -0.39 is 0 Å². The predicted molar refractivity (Wildman–Crippen MR) is 74.0 cm³/mol. The summed E-state index contributed by atoms with van der Waals surface area (Å²) >= 11 is 4.62. The number of carbonyl (C=O) groups is 1. The van der Waals surface area contributed by atoms with Gasteiger partial charge in [0.25, 0.3) is 5.91 Å². The van der Waals surface area contributed by atoms with E-state index in [0.29, 0.717) is 11.4 Å². The molecule has 0 fully saturated rings. The zero-order valence-electron chi connectivity index (χ0n) is 10.8. The van der Waals surface area contributed by atoms with Crippen LogP contribution in [0.4, 0.5) is 0 Å². The molecule has 0 aliphatic heterocycles. The number of alkyl halides is 1. The van der Waals surface area contributed by atoms with Crippen LogP contribution in [-0.2, 0) is 5.41 Å². The maximum absolute atomic E-state index is 12.2. The molecule has 1 rings (SSSR count). The highest BCUT2D eigenvalue weighted by Crippen LogP contribution is 2.26. The minimum Gasteiger partial charge on any atom is -0.340 e. The quantitative estimate of drug-likeness (QED) is 0.805. The molecule has 0 radical (unpaired) electrons. The van der Waals surface area contributed by atoms with Gasteiger partial charge in [-0.15, -0.1) is 5.10 Å². The molecule has 0 saturated heterocycles. The van der Waals surface area contributed by atoms with E-state index in [1.54, 1.807) is 11.9 Å². The van der Waals surface area contributed by atoms with Crippen molar-refractivity contribution >= 4 is 33.4 Å². The van der Waals surface area contributed by atoms with E-state index in [2.05, 4.69) is 25.5 Å². The molecule has 0 aliphatic rings. The number of halogens is 1. The molecule has 1 aromatic rings. The lowest BCUT2D eigenvalue weighted by Crippen LogP contribution is -2.32. The third kappa shape index (κ3) is 3.74. The van der Waals surface area contributed by atoms with Crippen molar-refractivity contribution in [2.24, 2.45) is 0 Å². The van der Waals surface area contributed by atoms with Crippen molar-refractivity contribution in [2.75, 3.05) is 13.6 Å². The Bertz CT molecular complexity index is 398. The molecule has 0 aromatic carbocycles. The summed E-state index contributed by atoms with van der Waals surface area (Å²) in [6.07, 6.45) is 0. The summed E-state index contributed by atoms with van der Waals surface area (Å²) in [4.78, 5) is 14.9. The Morgan fingerprint density at radius 3 is 2.59 bits per heavy atom. The maximum atomic E-state index is 12.2. The molecule has 0 spiro atoms. The maximum Gasteiger partial charge on any atom is 0.267 e. The van der Waals surface area contributed by atoms with Gasteiger partial charge in [-0.25, -0.2) is 0 Å². The first-order chi connectivity index (χ1) is 7.73. The first kappa shape index (κ1) is 14.6. The molecule has 96 valence electrons. The number of carbonyl (C=O) groups excluding carboxylic acids is 1. The second kappa shape index (κ2) is 5.44. The molecule has 0 N–H and O–H groups in total. The van der Waals surface area contributed by atoms with Crippen molar-refractivity contribution in [1.29, 1.82) is 0 Å². The highest BCUT2D eigenvalue weighted by Gasteiger charge is 2.28. The lowest BCUT2D eigenvalue weighted by Gasteiger charge is -2.21. The number of hydrogen-bond donors (Lipinski definition) is 0. The number of aromatic nitrogens is 2. The summed E-state index contributed by atoms with van der Waals surface area (Å²) in [5.74, 6) is -0.00350. The Balaban J connectivity index is 2.94. The standard InChI is InChI=1S/C11H18BrN3OS/c1-7(12)6-15(5)10(16)8-9(11(2,3)4)13-14-17-8/h7H,6H2,1-5H3. The molecule has 1 unspecified atom stereocenters. The first-order valence-corrected chi connectivity index (χ1v) is 7.14. The van der Waals surface area contributed by atoms with E-state index in [1.165, 1.54) is 11.5 Å². The molecular formula is C11H18BrN3OS. The Hall–Kier alpha value is -0.490. The monoisotopic (exact) mass is 319 g/mol. The van der Waals surface area contributed by atoms with E-state index in [0.717, 1.165) is 5.69 Å². The van der Waals surface area contributed by atoms with Gasteiger partial charge < -0.3 is 4.90 Å². The van der Waals surface area contributed by atoms with Crippen molar-refractivity contribution in [2.45, 2.75) is 37.9 Å². The lowest BCUT2D eigenvalue weighted by molar-refractivity contribution is 0.0799. The Kier molecular flexibility index (Phi) is 4.66. The molecular weight excluding hydrogens is 302 g/mol. The van der Waals surface area contributed by atoms with Gasteiger partial charge in [0.05, 0.1) is 5.69 Å². The Labute approximate surface area is 115 Å². The van der Waals surface area contributed by atoms with Gasteiger partial charge in [0.15, 0.2) is 0 Å². The molecule has 1 atom stereocenters. The van der Waals surface area contributed by atoms with Crippen LogP contribution in [0.5, 0.6) is 0 Å². The third-order valence-corrected chi connectivity index (χ3v) is 3.27. The van der Waals surface area contributed by atoms with Crippen molar-refractivity contribution in [3.05, 3.63) is 10.6 Å². The van der Waals surface area contributed by atoms with Crippen molar-refractivity contribution in [3.63, 3.8) is 0 Å². The van der Waals surface area contributed by atoms with Gasteiger partial charge in [0.1, 0.15) is 4.88 Å². The summed E-state index contributed by atoms with van der Waals surface area (Å²) < 4.78 is 3.90. The second-order valence-corrected chi connectivity index (χ2v) is 7.48. The van der Waals surface area contributed by atoms with E-state index >= 15 is 0 Å². The van der Waals surface area contributed by atoms with Crippen LogP contribution >= 0.6 is 27.5 Å². The normalized spacial score (nSPS) is 13.5. The van der Waals surface area contributed by atoms with Crippen LogP contribution in [-0.4, -0.2) is 38.8 Å². The predicted octanol–water partition coefficient (Wildman–Crippen LogP) is 2.69. The number of amides is 1. The molecule has 1 heterocycles. The summed E-state index contributed by atoms with van der Waals surface area (Å²) in [5, 5.41) is 4.08. The molecule has 6 heteroatoms. The van der Waals surface area contributed by atoms with Crippen molar-refractivity contribution in [1.82, 2.24) is 14.5 Å². The van der Waals surface area contributed by atoms with Crippen LogP contribution in [0.2, 0.25) is 0 Å². The zero-order valence-corrected chi connectivity index (χ0v) is 13.2. The fourth-order valence-electron chi connectivity index (χ4n) is 1.46. The van der Waals surface area contributed by atoms with Gasteiger partial charge in [-0.1, -0.05) is 48.1 Å². The van der Waals surface area contributed by atoms with Gasteiger partial charge in [-0.2, -0.15) is 0 Å². The summed E-state index contributed by atoms with van der Waals surface area (Å²) in [6, 6.07) is 0. The van der Waals surface area contributed by atoms with E-state index in [9.17, 15) is 4.79 Å². The highest BCUT2D eigenvalue weighted by atomic mass is 79.9. The Morgan fingerprint density at radius 2 is 2.12 bits per heavy atom. The molecule has 0 bridgehead atoms. The minimum absolute atomic E-state index is 0.00350. The molecule has 0 saturated carbocycles. The largest absolute Gasteiger partial charge is 0.340 e. The van der Waals surface area contributed by atoms with Gasteiger partial charge in [0, 0.05) is 23.8 Å². The first-order valence-electron chi connectivity index (χ1n) is 5.46. The molecule has 0 aliphatic carbocycles. The topological polar surface area (TPSA) is 46.1 Å². The summed E-state index contributed by atoms with van der Waals surface area (Å²) in [7, 11) is 1.80. The van der Waals surface area contributed by atoms with Crippen LogP contribution in [0.15, 0.2) is 0 Å². The third-order valence-electron chi connectivity index (χ3n) is 2.26. The number of nitrogens with zero attached hydrogens (tertiary/aromatic N) is 3. The van der Waals surface area contributed by atoms with Crippen LogP contribution in [0.25, 0.3) is 0 Å². The summed E-state index contributed by atoms with van der Waals surface area (Å²) in [6.45, 7) is 8.79. The van der Waals surface area contributed by atoms with Crippen LogP contribution in [0.3, 0.4) is 0 Å². The van der Waals surface area contributed by atoms with Gasteiger partial charge in [0.2, 0.25) is 0 Å². The minimum atomic E-state index is -0.154. The van der Waals surface area contributed by atoms with Crippen LogP contribution < -0.4 is 0 Å². The molecule has 4 nitrogen and oxygen atoms in total. The highest BCUT2D eigenvalue weighted by molar-refractivity contribution is 9.09. The zero-order chi connectivity index (χ0) is 13.2. The fourth-order valence-corrected chi connectivity index (χ4v) is 2.76.